The maximum absolute atomic E-state index is 5.71. The van der Waals surface area contributed by atoms with Crippen molar-refractivity contribution in [3.8, 4) is 5.75 Å². The summed E-state index contributed by atoms with van der Waals surface area (Å²) in [5, 5.41) is 6.04. The van der Waals surface area contributed by atoms with Gasteiger partial charge < -0.3 is 10.1 Å². The van der Waals surface area contributed by atoms with Crippen molar-refractivity contribution in [3.05, 3.63) is 35.3 Å². The van der Waals surface area contributed by atoms with Gasteiger partial charge in [-0.1, -0.05) is 6.92 Å². The molecule has 0 spiro atoms. The van der Waals surface area contributed by atoms with Gasteiger partial charge in [-0.25, -0.2) is 4.98 Å². The molecule has 1 aromatic heterocycles. The van der Waals surface area contributed by atoms with E-state index in [0.717, 1.165) is 35.3 Å². The number of nitrogens with one attached hydrogen (secondary N) is 1. The number of hydrogen-bond acceptors (Lipinski definition) is 4. The van der Waals surface area contributed by atoms with Gasteiger partial charge in [0, 0.05) is 11.1 Å². The summed E-state index contributed by atoms with van der Waals surface area (Å²) in [4.78, 5) is 4.34. The first kappa shape index (κ1) is 16.1. The molecule has 19 heavy (non-hydrogen) atoms. The fourth-order valence-corrected chi connectivity index (χ4v) is 2.36. The van der Waals surface area contributed by atoms with Gasteiger partial charge in [-0.3, -0.25) is 0 Å². The van der Waals surface area contributed by atoms with E-state index in [0.29, 0.717) is 5.88 Å². The summed E-state index contributed by atoms with van der Waals surface area (Å²) in [7, 11) is 0. The highest BCUT2D eigenvalue weighted by Crippen LogP contribution is 2.23. The van der Waals surface area contributed by atoms with E-state index in [1.54, 1.807) is 11.3 Å². The topological polar surface area (TPSA) is 34.1 Å². The Bertz CT molecular complexity index is 488. The molecule has 2 aromatic rings. The Balaban J connectivity index is 0.00000180. The van der Waals surface area contributed by atoms with Crippen molar-refractivity contribution < 1.29 is 4.74 Å². The Morgan fingerprint density at radius 3 is 2.63 bits per heavy atom. The Hall–Kier alpha value is -0.970. The molecule has 1 N–H and O–H groups in total. The summed E-state index contributed by atoms with van der Waals surface area (Å²) in [6.07, 6.45) is 1.01. The van der Waals surface area contributed by atoms with Gasteiger partial charge in [-0.05, 0) is 30.7 Å². The number of thiazole rings is 1. The molecule has 0 radical (unpaired) electrons. The average Bonchev–Trinajstić information content (AvgIpc) is 2.86. The molecule has 0 saturated heterocycles. The number of benzene rings is 1. The lowest BCUT2D eigenvalue weighted by atomic mass is 10.3. The van der Waals surface area contributed by atoms with Crippen LogP contribution in [0.15, 0.2) is 29.6 Å². The van der Waals surface area contributed by atoms with Crippen molar-refractivity contribution in [2.24, 2.45) is 0 Å². The number of halogens is 2. The van der Waals surface area contributed by atoms with Crippen LogP contribution >= 0.6 is 35.3 Å². The van der Waals surface area contributed by atoms with Crippen molar-refractivity contribution in [1.82, 2.24) is 4.98 Å². The molecule has 104 valence electrons. The van der Waals surface area contributed by atoms with E-state index in [9.17, 15) is 0 Å². The van der Waals surface area contributed by atoms with Crippen LogP contribution in [0.3, 0.4) is 0 Å². The first-order valence-electron chi connectivity index (χ1n) is 5.82. The standard InChI is InChI=1S/C13H15ClN2OS.ClH/c1-2-7-17-12-5-3-10(4-6-12)15-13-16-11(8-14)9-18-13;/h3-6,9H,2,7-8H2,1H3,(H,15,16);1H. The van der Waals surface area contributed by atoms with Crippen LogP contribution in [-0.2, 0) is 5.88 Å². The second-order valence-corrected chi connectivity index (χ2v) is 4.90. The normalized spacial score (nSPS) is 9.79. The highest BCUT2D eigenvalue weighted by molar-refractivity contribution is 7.13. The number of alkyl halides is 1. The number of hydrogen-bond donors (Lipinski definition) is 1. The highest BCUT2D eigenvalue weighted by Gasteiger charge is 2.01. The van der Waals surface area contributed by atoms with Gasteiger partial charge in [0.2, 0.25) is 0 Å². The summed E-state index contributed by atoms with van der Waals surface area (Å²) in [6, 6.07) is 7.86. The average molecular weight is 319 g/mol. The van der Waals surface area contributed by atoms with Crippen LogP contribution in [0.4, 0.5) is 10.8 Å². The number of nitrogens with zero attached hydrogens (tertiary/aromatic N) is 1. The molecule has 2 rings (SSSR count). The minimum atomic E-state index is 0. The monoisotopic (exact) mass is 318 g/mol. The summed E-state index contributed by atoms with van der Waals surface area (Å²) < 4.78 is 5.52. The highest BCUT2D eigenvalue weighted by atomic mass is 35.5. The second kappa shape index (κ2) is 8.25. The van der Waals surface area contributed by atoms with Gasteiger partial charge in [0.05, 0.1) is 18.2 Å². The minimum absolute atomic E-state index is 0. The molecule has 6 heteroatoms. The SMILES string of the molecule is CCCOc1ccc(Nc2nc(CCl)cs2)cc1.Cl. The van der Waals surface area contributed by atoms with Crippen LogP contribution in [0.1, 0.15) is 19.0 Å². The van der Waals surface area contributed by atoms with E-state index in [4.69, 9.17) is 16.3 Å². The van der Waals surface area contributed by atoms with Gasteiger partial charge in [0.1, 0.15) is 5.75 Å². The zero-order valence-electron chi connectivity index (χ0n) is 10.6. The molecular weight excluding hydrogens is 303 g/mol. The van der Waals surface area contributed by atoms with Gasteiger partial charge in [-0.2, -0.15) is 0 Å². The summed E-state index contributed by atoms with van der Waals surface area (Å²) in [5.41, 5.74) is 1.89. The molecule has 0 unspecified atom stereocenters. The van der Waals surface area contributed by atoms with Crippen LogP contribution in [0, 0.1) is 0 Å². The molecule has 0 saturated carbocycles. The lowest BCUT2D eigenvalue weighted by molar-refractivity contribution is 0.317. The molecule has 0 aliphatic rings. The van der Waals surface area contributed by atoms with Crippen molar-refractivity contribution in [3.63, 3.8) is 0 Å². The fourth-order valence-electron chi connectivity index (χ4n) is 1.40. The maximum atomic E-state index is 5.71. The van der Waals surface area contributed by atoms with Crippen LogP contribution < -0.4 is 10.1 Å². The number of rotatable bonds is 6. The fraction of sp³-hybridized carbons (Fsp3) is 0.308. The summed E-state index contributed by atoms with van der Waals surface area (Å²) >= 11 is 7.26. The Morgan fingerprint density at radius 2 is 2.05 bits per heavy atom. The third kappa shape index (κ3) is 4.90. The van der Waals surface area contributed by atoms with E-state index in [-0.39, 0.29) is 12.4 Å². The third-order valence-corrected chi connectivity index (χ3v) is 3.35. The molecule has 0 atom stereocenters. The molecule has 1 aromatic carbocycles. The van der Waals surface area contributed by atoms with Crippen molar-refractivity contribution >= 4 is 46.2 Å². The predicted octanol–water partition coefficient (Wildman–Crippen LogP) is 4.84. The van der Waals surface area contributed by atoms with E-state index in [1.807, 2.05) is 29.6 Å². The molecule has 0 fully saturated rings. The maximum Gasteiger partial charge on any atom is 0.187 e. The van der Waals surface area contributed by atoms with E-state index >= 15 is 0 Å². The molecule has 0 aliphatic carbocycles. The predicted molar refractivity (Wildman–Crippen MR) is 84.4 cm³/mol. The van der Waals surface area contributed by atoms with Gasteiger partial charge in [-0.15, -0.1) is 35.3 Å². The molecule has 0 bridgehead atoms. The van der Waals surface area contributed by atoms with E-state index < -0.39 is 0 Å². The first-order valence-corrected chi connectivity index (χ1v) is 7.23. The number of aromatic nitrogens is 1. The summed E-state index contributed by atoms with van der Waals surface area (Å²) in [5.74, 6) is 1.34. The lowest BCUT2D eigenvalue weighted by Crippen LogP contribution is -1.95. The van der Waals surface area contributed by atoms with Gasteiger partial charge in [0.25, 0.3) is 0 Å². The minimum Gasteiger partial charge on any atom is -0.494 e. The Morgan fingerprint density at radius 1 is 1.32 bits per heavy atom. The van der Waals surface area contributed by atoms with Gasteiger partial charge >= 0.3 is 0 Å². The molecule has 1 heterocycles. The van der Waals surface area contributed by atoms with Crippen LogP contribution in [0.5, 0.6) is 5.75 Å². The smallest absolute Gasteiger partial charge is 0.187 e. The largest absolute Gasteiger partial charge is 0.494 e. The zero-order valence-corrected chi connectivity index (χ0v) is 12.9. The third-order valence-electron chi connectivity index (χ3n) is 2.27. The number of anilines is 2. The Kier molecular flexibility index (Phi) is 6.99. The first-order chi connectivity index (χ1) is 8.81. The second-order valence-electron chi connectivity index (χ2n) is 3.78. The number of ether oxygens (including phenoxy) is 1. The zero-order chi connectivity index (χ0) is 12.8. The van der Waals surface area contributed by atoms with Crippen molar-refractivity contribution in [2.45, 2.75) is 19.2 Å². The van der Waals surface area contributed by atoms with Gasteiger partial charge in [0.15, 0.2) is 5.13 Å². The van der Waals surface area contributed by atoms with Crippen LogP contribution in [0.2, 0.25) is 0 Å². The molecule has 0 amide bonds. The van der Waals surface area contributed by atoms with Crippen molar-refractivity contribution in [2.75, 3.05) is 11.9 Å². The molecular formula is C13H16Cl2N2OS. The van der Waals surface area contributed by atoms with Crippen molar-refractivity contribution in [1.29, 1.82) is 0 Å². The molecule has 0 aliphatic heterocycles. The summed E-state index contributed by atoms with van der Waals surface area (Å²) in [6.45, 7) is 2.84. The van der Waals surface area contributed by atoms with Crippen LogP contribution in [0.25, 0.3) is 0 Å². The Labute approximate surface area is 128 Å². The van der Waals surface area contributed by atoms with E-state index in [2.05, 4.69) is 17.2 Å². The van der Waals surface area contributed by atoms with E-state index in [1.165, 1.54) is 0 Å². The van der Waals surface area contributed by atoms with Crippen LogP contribution in [-0.4, -0.2) is 11.6 Å². The quantitative estimate of drug-likeness (QED) is 0.774. The molecule has 3 nitrogen and oxygen atoms in total. The lowest BCUT2D eigenvalue weighted by Gasteiger charge is -2.06.